The number of hydrogen-bond donors (Lipinski definition) is 1. The van der Waals surface area contributed by atoms with Gasteiger partial charge in [0.15, 0.2) is 0 Å². The molecule has 0 unspecified atom stereocenters. The van der Waals surface area contributed by atoms with E-state index in [1.165, 1.54) is 5.56 Å². The summed E-state index contributed by atoms with van der Waals surface area (Å²) in [6, 6.07) is 7.85. The van der Waals surface area contributed by atoms with Gasteiger partial charge in [0.05, 0.1) is 0 Å². The van der Waals surface area contributed by atoms with E-state index in [0.717, 1.165) is 31.6 Å². The van der Waals surface area contributed by atoms with Gasteiger partial charge >= 0.3 is 6.03 Å². The molecule has 0 aliphatic rings. The Morgan fingerprint density at radius 1 is 1.24 bits per heavy atom. The van der Waals surface area contributed by atoms with E-state index in [2.05, 4.69) is 12.2 Å². The number of benzene rings is 1. The number of nitrogens with one attached hydrogen (secondary N) is 1. The van der Waals surface area contributed by atoms with Gasteiger partial charge in [0, 0.05) is 18.8 Å². The van der Waals surface area contributed by atoms with Crippen LogP contribution in [0.1, 0.15) is 32.3 Å². The zero-order chi connectivity index (χ0) is 12.7. The average Bonchev–Trinajstić information content (AvgIpc) is 2.33. The normalized spacial score (nSPS) is 10.1. The summed E-state index contributed by atoms with van der Waals surface area (Å²) in [5.74, 6) is 0. The van der Waals surface area contributed by atoms with Crippen LogP contribution in [0.5, 0.6) is 0 Å². The van der Waals surface area contributed by atoms with Crippen LogP contribution in [0, 0.1) is 6.92 Å². The lowest BCUT2D eigenvalue weighted by molar-refractivity contribution is 0.213. The fourth-order valence-corrected chi connectivity index (χ4v) is 1.59. The molecule has 0 aliphatic carbocycles. The number of urea groups is 1. The minimum Gasteiger partial charge on any atom is -0.325 e. The zero-order valence-corrected chi connectivity index (χ0v) is 11.0. The highest BCUT2D eigenvalue weighted by atomic mass is 16.2. The molecule has 0 bridgehead atoms. The van der Waals surface area contributed by atoms with Crippen molar-refractivity contribution < 1.29 is 4.79 Å². The second-order valence-corrected chi connectivity index (χ2v) is 4.23. The predicted molar refractivity (Wildman–Crippen MR) is 72.4 cm³/mol. The molecule has 0 aromatic heterocycles. The van der Waals surface area contributed by atoms with Crippen LogP contribution >= 0.6 is 0 Å². The van der Waals surface area contributed by atoms with E-state index in [0.29, 0.717) is 0 Å². The third-order valence-corrected chi connectivity index (χ3v) is 2.75. The molecule has 3 heteroatoms. The van der Waals surface area contributed by atoms with Crippen LogP contribution in [0.25, 0.3) is 0 Å². The largest absolute Gasteiger partial charge is 0.325 e. The van der Waals surface area contributed by atoms with Gasteiger partial charge in [0.1, 0.15) is 0 Å². The predicted octanol–water partition coefficient (Wildman–Crippen LogP) is 3.65. The van der Waals surface area contributed by atoms with Crippen molar-refractivity contribution in [2.45, 2.75) is 33.6 Å². The van der Waals surface area contributed by atoms with Crippen LogP contribution in [0.3, 0.4) is 0 Å². The Kier molecular flexibility index (Phi) is 5.53. The van der Waals surface area contributed by atoms with Gasteiger partial charge < -0.3 is 10.2 Å². The molecule has 1 N–H and O–H groups in total. The SMILES string of the molecule is CCCCN(CC)C(=O)Nc1ccc(C)cc1. The maximum absolute atomic E-state index is 11.9. The van der Waals surface area contributed by atoms with Crippen molar-refractivity contribution in [3.05, 3.63) is 29.8 Å². The van der Waals surface area contributed by atoms with Crippen molar-refractivity contribution in [1.82, 2.24) is 4.90 Å². The van der Waals surface area contributed by atoms with E-state index in [1.54, 1.807) is 0 Å². The Morgan fingerprint density at radius 3 is 2.41 bits per heavy atom. The summed E-state index contributed by atoms with van der Waals surface area (Å²) in [5.41, 5.74) is 2.05. The number of nitrogens with zero attached hydrogens (tertiary/aromatic N) is 1. The molecule has 0 saturated carbocycles. The van der Waals surface area contributed by atoms with E-state index >= 15 is 0 Å². The van der Waals surface area contributed by atoms with Gasteiger partial charge in [0.2, 0.25) is 0 Å². The summed E-state index contributed by atoms with van der Waals surface area (Å²) < 4.78 is 0. The molecular formula is C14H22N2O. The fraction of sp³-hybridized carbons (Fsp3) is 0.500. The number of carbonyl (C=O) groups excluding carboxylic acids is 1. The lowest BCUT2D eigenvalue weighted by Gasteiger charge is -2.21. The Balaban J connectivity index is 2.54. The van der Waals surface area contributed by atoms with Gasteiger partial charge in [-0.1, -0.05) is 31.0 Å². The molecule has 17 heavy (non-hydrogen) atoms. The number of rotatable bonds is 5. The summed E-state index contributed by atoms with van der Waals surface area (Å²) >= 11 is 0. The third-order valence-electron chi connectivity index (χ3n) is 2.75. The van der Waals surface area contributed by atoms with Crippen LogP contribution in [0.2, 0.25) is 0 Å². The summed E-state index contributed by atoms with van der Waals surface area (Å²) in [6.45, 7) is 7.74. The van der Waals surface area contributed by atoms with Gasteiger partial charge in [-0.3, -0.25) is 0 Å². The first kappa shape index (κ1) is 13.6. The van der Waals surface area contributed by atoms with Gasteiger partial charge in [-0.05, 0) is 32.4 Å². The maximum Gasteiger partial charge on any atom is 0.321 e. The number of unbranched alkanes of at least 4 members (excludes halogenated alkanes) is 1. The quantitative estimate of drug-likeness (QED) is 0.828. The van der Waals surface area contributed by atoms with E-state index in [9.17, 15) is 4.79 Å². The first-order valence-corrected chi connectivity index (χ1v) is 6.30. The van der Waals surface area contributed by atoms with E-state index in [4.69, 9.17) is 0 Å². The standard InChI is InChI=1S/C14H22N2O/c1-4-6-11-16(5-2)14(17)15-13-9-7-12(3)8-10-13/h7-10H,4-6,11H2,1-3H3,(H,15,17). The van der Waals surface area contributed by atoms with Gasteiger partial charge in [0.25, 0.3) is 0 Å². The molecule has 2 amide bonds. The minimum absolute atomic E-state index is 0.00944. The molecule has 0 atom stereocenters. The highest BCUT2D eigenvalue weighted by molar-refractivity contribution is 5.89. The summed E-state index contributed by atoms with van der Waals surface area (Å²) in [4.78, 5) is 13.8. The third kappa shape index (κ3) is 4.47. The van der Waals surface area contributed by atoms with Crippen LogP contribution < -0.4 is 5.32 Å². The van der Waals surface area contributed by atoms with Crippen LogP contribution in [0.15, 0.2) is 24.3 Å². The molecule has 0 fully saturated rings. The molecule has 1 aromatic rings. The molecule has 0 heterocycles. The number of anilines is 1. The second kappa shape index (κ2) is 6.94. The van der Waals surface area contributed by atoms with Crippen LogP contribution in [-0.2, 0) is 0 Å². The molecule has 0 spiro atoms. The van der Waals surface area contributed by atoms with Gasteiger partial charge in [-0.15, -0.1) is 0 Å². The van der Waals surface area contributed by atoms with Gasteiger partial charge in [-0.2, -0.15) is 0 Å². The van der Waals surface area contributed by atoms with Crippen molar-refractivity contribution in [2.24, 2.45) is 0 Å². The number of amides is 2. The zero-order valence-electron chi connectivity index (χ0n) is 11.0. The van der Waals surface area contributed by atoms with Crippen LogP contribution in [0.4, 0.5) is 10.5 Å². The molecular weight excluding hydrogens is 212 g/mol. The first-order chi connectivity index (χ1) is 8.17. The smallest absolute Gasteiger partial charge is 0.321 e. The second-order valence-electron chi connectivity index (χ2n) is 4.23. The van der Waals surface area contributed by atoms with E-state index in [1.807, 2.05) is 43.0 Å². The van der Waals surface area contributed by atoms with Crippen molar-refractivity contribution in [2.75, 3.05) is 18.4 Å². The van der Waals surface area contributed by atoms with Crippen molar-refractivity contribution in [3.63, 3.8) is 0 Å². The number of hydrogen-bond acceptors (Lipinski definition) is 1. The lowest BCUT2D eigenvalue weighted by atomic mass is 10.2. The summed E-state index contributed by atoms with van der Waals surface area (Å²) in [7, 11) is 0. The van der Waals surface area contributed by atoms with Crippen LogP contribution in [-0.4, -0.2) is 24.0 Å². The topological polar surface area (TPSA) is 32.3 Å². The maximum atomic E-state index is 11.9. The molecule has 94 valence electrons. The van der Waals surface area contributed by atoms with E-state index in [-0.39, 0.29) is 6.03 Å². The first-order valence-electron chi connectivity index (χ1n) is 6.30. The van der Waals surface area contributed by atoms with Crippen molar-refractivity contribution >= 4 is 11.7 Å². The molecule has 3 nitrogen and oxygen atoms in total. The Morgan fingerprint density at radius 2 is 1.88 bits per heavy atom. The summed E-state index contributed by atoms with van der Waals surface area (Å²) in [5, 5.41) is 2.92. The molecule has 0 aliphatic heterocycles. The van der Waals surface area contributed by atoms with Crippen molar-refractivity contribution in [1.29, 1.82) is 0 Å². The van der Waals surface area contributed by atoms with E-state index < -0.39 is 0 Å². The monoisotopic (exact) mass is 234 g/mol. The minimum atomic E-state index is -0.00944. The average molecular weight is 234 g/mol. The molecule has 0 saturated heterocycles. The molecule has 0 radical (unpaired) electrons. The highest BCUT2D eigenvalue weighted by Gasteiger charge is 2.10. The lowest BCUT2D eigenvalue weighted by Crippen LogP contribution is -2.35. The molecule has 1 aromatic carbocycles. The van der Waals surface area contributed by atoms with Crippen molar-refractivity contribution in [3.8, 4) is 0 Å². The Bertz CT molecular complexity index is 346. The fourth-order valence-electron chi connectivity index (χ4n) is 1.59. The number of carbonyl (C=O) groups is 1. The Hall–Kier alpha value is -1.51. The number of aryl methyl sites for hydroxylation is 1. The molecule has 1 rings (SSSR count). The summed E-state index contributed by atoms with van der Waals surface area (Å²) in [6.07, 6.45) is 2.16. The van der Waals surface area contributed by atoms with Gasteiger partial charge in [-0.25, -0.2) is 4.79 Å². The Labute approximate surface area is 104 Å². The highest BCUT2D eigenvalue weighted by Crippen LogP contribution is 2.09.